The highest BCUT2D eigenvalue weighted by Gasteiger charge is 2.06. The van der Waals surface area contributed by atoms with E-state index in [-0.39, 0.29) is 11.8 Å². The second-order valence-electron chi connectivity index (χ2n) is 4.22. The van der Waals surface area contributed by atoms with Crippen LogP contribution >= 0.6 is 11.8 Å². The third-order valence-electron chi connectivity index (χ3n) is 2.39. The molecule has 0 radical (unpaired) electrons. The fourth-order valence-electron chi connectivity index (χ4n) is 1.25. The summed E-state index contributed by atoms with van der Waals surface area (Å²) < 4.78 is 21.9. The summed E-state index contributed by atoms with van der Waals surface area (Å²) in [6.07, 6.45) is 6.43. The maximum atomic E-state index is 11.0. The van der Waals surface area contributed by atoms with Crippen LogP contribution in [-0.2, 0) is 16.3 Å². The summed E-state index contributed by atoms with van der Waals surface area (Å²) in [7, 11) is -2.91. The standard InChI is InChI=1S/C11H19N3O2S2/c1-3-10(12)6-9-7-13-11(14-8-9)17-4-5-18(2,15)16/h7-8,10H,3-6,12H2,1-2H3. The van der Waals surface area contributed by atoms with Crippen LogP contribution in [0.25, 0.3) is 0 Å². The number of hydrogen-bond acceptors (Lipinski definition) is 6. The molecule has 1 heterocycles. The summed E-state index contributed by atoms with van der Waals surface area (Å²) in [5.41, 5.74) is 6.85. The van der Waals surface area contributed by atoms with Gasteiger partial charge in [0.15, 0.2) is 5.16 Å². The predicted molar refractivity (Wildman–Crippen MR) is 74.4 cm³/mol. The van der Waals surface area contributed by atoms with Crippen molar-refractivity contribution in [1.29, 1.82) is 0 Å². The monoisotopic (exact) mass is 289 g/mol. The molecule has 7 heteroatoms. The number of hydrogen-bond donors (Lipinski definition) is 1. The van der Waals surface area contributed by atoms with Crippen molar-refractivity contribution in [3.63, 3.8) is 0 Å². The molecule has 0 spiro atoms. The first-order chi connectivity index (χ1) is 8.40. The maximum Gasteiger partial charge on any atom is 0.187 e. The first kappa shape index (κ1) is 15.4. The number of nitrogens with zero attached hydrogens (tertiary/aromatic N) is 2. The first-order valence-corrected chi connectivity index (χ1v) is 8.82. The van der Waals surface area contributed by atoms with E-state index in [9.17, 15) is 8.42 Å². The van der Waals surface area contributed by atoms with Gasteiger partial charge in [-0.3, -0.25) is 0 Å². The van der Waals surface area contributed by atoms with Gasteiger partial charge in [0.2, 0.25) is 0 Å². The van der Waals surface area contributed by atoms with Crippen molar-refractivity contribution in [2.75, 3.05) is 17.8 Å². The van der Waals surface area contributed by atoms with E-state index in [0.717, 1.165) is 18.4 Å². The minimum absolute atomic E-state index is 0.136. The van der Waals surface area contributed by atoms with Gasteiger partial charge in [0.25, 0.3) is 0 Å². The maximum absolute atomic E-state index is 11.0. The summed E-state index contributed by atoms with van der Waals surface area (Å²) in [6, 6.07) is 0.136. The van der Waals surface area contributed by atoms with Gasteiger partial charge < -0.3 is 5.73 Å². The lowest BCUT2D eigenvalue weighted by atomic mass is 10.1. The van der Waals surface area contributed by atoms with Crippen molar-refractivity contribution in [1.82, 2.24) is 9.97 Å². The van der Waals surface area contributed by atoms with Gasteiger partial charge in [0.1, 0.15) is 9.84 Å². The van der Waals surface area contributed by atoms with Crippen molar-refractivity contribution in [3.8, 4) is 0 Å². The van der Waals surface area contributed by atoms with Crippen molar-refractivity contribution < 1.29 is 8.42 Å². The molecule has 0 saturated carbocycles. The van der Waals surface area contributed by atoms with Gasteiger partial charge in [-0.1, -0.05) is 18.7 Å². The Kier molecular flexibility index (Phi) is 6.04. The average Bonchev–Trinajstić information content (AvgIpc) is 2.29. The Balaban J connectivity index is 2.45. The zero-order chi connectivity index (χ0) is 13.6. The van der Waals surface area contributed by atoms with Gasteiger partial charge in [0.05, 0.1) is 5.75 Å². The van der Waals surface area contributed by atoms with E-state index in [1.165, 1.54) is 18.0 Å². The highest BCUT2D eigenvalue weighted by molar-refractivity contribution is 8.00. The third kappa shape index (κ3) is 6.32. The minimum Gasteiger partial charge on any atom is -0.327 e. The van der Waals surface area contributed by atoms with E-state index >= 15 is 0 Å². The normalized spacial score (nSPS) is 13.5. The van der Waals surface area contributed by atoms with Crippen molar-refractivity contribution in [2.45, 2.75) is 31.0 Å². The van der Waals surface area contributed by atoms with Crippen LogP contribution in [0.15, 0.2) is 17.6 Å². The van der Waals surface area contributed by atoms with Gasteiger partial charge in [-0.15, -0.1) is 0 Å². The largest absolute Gasteiger partial charge is 0.327 e. The number of thioether (sulfide) groups is 1. The molecule has 1 aromatic rings. The molecule has 0 saturated heterocycles. The number of sulfone groups is 1. The Hall–Kier alpha value is -0.660. The quantitative estimate of drug-likeness (QED) is 0.593. The molecule has 0 fully saturated rings. The Morgan fingerprint density at radius 1 is 1.39 bits per heavy atom. The Morgan fingerprint density at radius 3 is 2.50 bits per heavy atom. The van der Waals surface area contributed by atoms with Crippen molar-refractivity contribution in [2.24, 2.45) is 5.73 Å². The summed E-state index contributed by atoms with van der Waals surface area (Å²) in [6.45, 7) is 2.04. The molecule has 1 rings (SSSR count). The van der Waals surface area contributed by atoms with Crippen LogP contribution in [0.4, 0.5) is 0 Å². The second-order valence-corrected chi connectivity index (χ2v) is 7.55. The average molecular weight is 289 g/mol. The van der Waals surface area contributed by atoms with E-state index in [4.69, 9.17) is 5.73 Å². The fraction of sp³-hybridized carbons (Fsp3) is 0.636. The van der Waals surface area contributed by atoms with E-state index in [2.05, 4.69) is 9.97 Å². The molecule has 5 nitrogen and oxygen atoms in total. The molecular weight excluding hydrogens is 270 g/mol. The predicted octanol–water partition coefficient (Wildman–Crippen LogP) is 0.893. The molecule has 0 amide bonds. The first-order valence-electron chi connectivity index (χ1n) is 5.77. The Labute approximate surface area is 113 Å². The molecule has 1 atom stereocenters. The van der Waals surface area contributed by atoms with Crippen LogP contribution in [-0.4, -0.2) is 42.2 Å². The zero-order valence-electron chi connectivity index (χ0n) is 10.7. The van der Waals surface area contributed by atoms with Gasteiger partial charge in [-0.05, 0) is 18.4 Å². The molecule has 0 aliphatic carbocycles. The Bertz CT molecular complexity index is 460. The molecule has 102 valence electrons. The smallest absolute Gasteiger partial charge is 0.187 e. The third-order valence-corrected chi connectivity index (χ3v) is 4.47. The number of nitrogens with two attached hydrogens (primary N) is 1. The van der Waals surface area contributed by atoms with Gasteiger partial charge in [0, 0.05) is 30.4 Å². The summed E-state index contributed by atoms with van der Waals surface area (Å²) >= 11 is 1.35. The van der Waals surface area contributed by atoms with E-state index < -0.39 is 9.84 Å². The molecule has 0 aromatic carbocycles. The molecule has 2 N–H and O–H groups in total. The number of aromatic nitrogens is 2. The minimum atomic E-state index is -2.91. The summed E-state index contributed by atoms with van der Waals surface area (Å²) in [5, 5.41) is 0.604. The lowest BCUT2D eigenvalue weighted by Gasteiger charge is -2.07. The lowest BCUT2D eigenvalue weighted by molar-refractivity contribution is 0.603. The summed E-state index contributed by atoms with van der Waals surface area (Å²) in [4.78, 5) is 8.37. The van der Waals surface area contributed by atoms with Crippen LogP contribution in [0.5, 0.6) is 0 Å². The molecule has 0 bridgehead atoms. The van der Waals surface area contributed by atoms with Crippen molar-refractivity contribution in [3.05, 3.63) is 18.0 Å². The molecule has 1 unspecified atom stereocenters. The van der Waals surface area contributed by atoms with Gasteiger partial charge in [-0.25, -0.2) is 18.4 Å². The molecule has 18 heavy (non-hydrogen) atoms. The van der Waals surface area contributed by atoms with Gasteiger partial charge in [-0.2, -0.15) is 0 Å². The van der Waals surface area contributed by atoms with E-state index in [0.29, 0.717) is 10.9 Å². The van der Waals surface area contributed by atoms with Crippen LogP contribution < -0.4 is 5.73 Å². The Morgan fingerprint density at radius 2 is 2.00 bits per heavy atom. The fourth-order valence-corrected chi connectivity index (χ4v) is 3.24. The zero-order valence-corrected chi connectivity index (χ0v) is 12.3. The lowest BCUT2D eigenvalue weighted by Crippen LogP contribution is -2.21. The molecular formula is C11H19N3O2S2. The van der Waals surface area contributed by atoms with E-state index in [1.807, 2.05) is 6.92 Å². The second kappa shape index (κ2) is 7.06. The van der Waals surface area contributed by atoms with Crippen LogP contribution in [0, 0.1) is 0 Å². The summed E-state index contributed by atoms with van der Waals surface area (Å²) in [5.74, 6) is 0.621. The van der Waals surface area contributed by atoms with Gasteiger partial charge >= 0.3 is 0 Å². The molecule has 0 aliphatic heterocycles. The highest BCUT2D eigenvalue weighted by atomic mass is 32.2. The number of rotatable bonds is 7. The molecule has 0 aliphatic rings. The van der Waals surface area contributed by atoms with Crippen LogP contribution in [0.1, 0.15) is 18.9 Å². The van der Waals surface area contributed by atoms with Crippen LogP contribution in [0.3, 0.4) is 0 Å². The molecule has 1 aromatic heterocycles. The van der Waals surface area contributed by atoms with Crippen LogP contribution in [0.2, 0.25) is 0 Å². The van der Waals surface area contributed by atoms with E-state index in [1.54, 1.807) is 12.4 Å². The highest BCUT2D eigenvalue weighted by Crippen LogP contribution is 2.13. The SMILES string of the molecule is CCC(N)Cc1cnc(SCCS(C)(=O)=O)nc1. The topological polar surface area (TPSA) is 85.9 Å². The van der Waals surface area contributed by atoms with Crippen molar-refractivity contribution >= 4 is 21.6 Å².